The van der Waals surface area contributed by atoms with Crippen LogP contribution in [0.3, 0.4) is 0 Å². The molecule has 9 heteroatoms. The van der Waals surface area contributed by atoms with Gasteiger partial charge >= 0.3 is 11.4 Å². The molecule has 2 heterocycles. The van der Waals surface area contributed by atoms with Crippen molar-refractivity contribution < 1.29 is 14.7 Å². The van der Waals surface area contributed by atoms with Gasteiger partial charge in [-0.1, -0.05) is 42.8 Å². The summed E-state index contributed by atoms with van der Waals surface area (Å²) in [6.45, 7) is 5.19. The maximum Gasteiger partial charge on any atom is 0.352 e. The van der Waals surface area contributed by atoms with Crippen molar-refractivity contribution >= 4 is 23.2 Å². The minimum atomic E-state index is -1.21. The van der Waals surface area contributed by atoms with Gasteiger partial charge in [0, 0.05) is 22.4 Å². The molecule has 194 valence electrons. The molecule has 3 aromatic rings. The van der Waals surface area contributed by atoms with Gasteiger partial charge in [0.1, 0.15) is 5.75 Å². The van der Waals surface area contributed by atoms with E-state index in [0.29, 0.717) is 33.0 Å². The summed E-state index contributed by atoms with van der Waals surface area (Å²) in [7, 11) is 0. The number of halogens is 1. The van der Waals surface area contributed by atoms with E-state index in [1.165, 1.54) is 15.4 Å². The Labute approximate surface area is 223 Å². The lowest BCUT2D eigenvalue weighted by Crippen LogP contribution is -2.55. The van der Waals surface area contributed by atoms with E-state index < -0.39 is 34.7 Å². The Morgan fingerprint density at radius 2 is 1.68 bits per heavy atom. The highest BCUT2D eigenvalue weighted by Crippen LogP contribution is 2.61. The van der Waals surface area contributed by atoms with Crippen LogP contribution in [0.25, 0.3) is 5.69 Å². The molecule has 0 bridgehead atoms. The van der Waals surface area contributed by atoms with Crippen LogP contribution in [0, 0.1) is 11.3 Å². The van der Waals surface area contributed by atoms with Gasteiger partial charge in [0.25, 0.3) is 0 Å². The Hall–Kier alpha value is -3.91. The SMILES string of the molecule is CC1=C(C)C(=O)[C@@]2(C)[C@@H](c3cc(Cl)ccc3O)C3=CCn4c(=O)n(-c5ccccc5)c(=O)n4[C@@H]3C[C@H]2C1=O. The molecule has 1 N–H and O–H groups in total. The van der Waals surface area contributed by atoms with Crippen LogP contribution in [-0.2, 0) is 16.1 Å². The number of carbonyl (C=O) groups excluding carboxylic acids is 2. The van der Waals surface area contributed by atoms with E-state index in [9.17, 15) is 24.3 Å². The van der Waals surface area contributed by atoms with E-state index in [0.717, 1.165) is 4.57 Å². The highest BCUT2D eigenvalue weighted by molar-refractivity contribution is 6.30. The number of hydrogen-bond donors (Lipinski definition) is 1. The van der Waals surface area contributed by atoms with Crippen LogP contribution >= 0.6 is 11.6 Å². The molecule has 1 fully saturated rings. The van der Waals surface area contributed by atoms with Crippen molar-refractivity contribution in [2.75, 3.05) is 0 Å². The quantitative estimate of drug-likeness (QED) is 0.505. The van der Waals surface area contributed by atoms with Gasteiger partial charge < -0.3 is 5.11 Å². The average molecular weight is 532 g/mol. The fraction of sp³-hybridized carbons (Fsp3) is 0.310. The summed E-state index contributed by atoms with van der Waals surface area (Å²) in [5, 5.41) is 11.4. The number of aromatic nitrogens is 3. The first-order chi connectivity index (χ1) is 18.1. The fourth-order valence-corrected chi connectivity index (χ4v) is 6.92. The van der Waals surface area contributed by atoms with Crippen LogP contribution in [0.5, 0.6) is 5.75 Å². The van der Waals surface area contributed by atoms with Gasteiger partial charge in [-0.05, 0) is 67.3 Å². The second-order valence-electron chi connectivity index (χ2n) is 10.5. The van der Waals surface area contributed by atoms with Crippen LogP contribution in [0.4, 0.5) is 0 Å². The molecule has 0 unspecified atom stereocenters. The molecule has 1 aromatic heterocycles. The number of Topliss-reactive ketones (excluding diaryl/α,β-unsaturated/α-hetero) is 2. The number of aromatic hydroxyl groups is 1. The standard InChI is InChI=1S/C29H26ClN3O5/c1-15-16(2)26(36)29(3)21(25(15)35)14-22-19(24(29)20-13-17(30)9-10-23(20)34)11-12-31-27(37)32(28(38)33(22)31)18-7-5-4-6-8-18/h4-11,13,21-22,24,34H,12,14H2,1-3H3/t21-,22+,24+,29+/m0/s1. The highest BCUT2D eigenvalue weighted by Gasteiger charge is 2.60. The van der Waals surface area contributed by atoms with E-state index in [1.807, 2.05) is 6.08 Å². The van der Waals surface area contributed by atoms with Gasteiger partial charge in [-0.2, -0.15) is 0 Å². The van der Waals surface area contributed by atoms with Crippen molar-refractivity contribution in [2.24, 2.45) is 11.3 Å². The van der Waals surface area contributed by atoms with Crippen LogP contribution in [0.15, 0.2) is 80.9 Å². The fourth-order valence-electron chi connectivity index (χ4n) is 6.74. The second kappa shape index (κ2) is 8.30. The maximum atomic E-state index is 14.0. The van der Waals surface area contributed by atoms with Crippen LogP contribution in [0.2, 0.25) is 5.02 Å². The van der Waals surface area contributed by atoms with Gasteiger partial charge in [-0.25, -0.2) is 23.5 Å². The predicted octanol–water partition coefficient (Wildman–Crippen LogP) is 3.94. The number of ketones is 2. The predicted molar refractivity (Wildman–Crippen MR) is 142 cm³/mol. The number of nitrogens with zero attached hydrogens (tertiary/aromatic N) is 3. The topological polar surface area (TPSA) is 103 Å². The van der Waals surface area contributed by atoms with E-state index in [-0.39, 0.29) is 30.3 Å². The molecular weight excluding hydrogens is 506 g/mol. The summed E-state index contributed by atoms with van der Waals surface area (Å²) >= 11 is 6.35. The summed E-state index contributed by atoms with van der Waals surface area (Å²) in [6, 6.07) is 12.7. The minimum Gasteiger partial charge on any atom is -0.508 e. The smallest absolute Gasteiger partial charge is 0.352 e. The molecule has 38 heavy (non-hydrogen) atoms. The average Bonchev–Trinajstić information content (AvgIpc) is 3.17. The first kappa shape index (κ1) is 24.4. The third kappa shape index (κ3) is 3.10. The summed E-state index contributed by atoms with van der Waals surface area (Å²) in [4.78, 5) is 54.9. The number of phenolic OH excluding ortho intramolecular Hbond substituents is 1. The van der Waals surface area contributed by atoms with Gasteiger partial charge in [-0.15, -0.1) is 0 Å². The Morgan fingerprint density at radius 1 is 0.974 bits per heavy atom. The van der Waals surface area contributed by atoms with Crippen molar-refractivity contribution in [2.45, 2.75) is 45.7 Å². The third-order valence-electron chi connectivity index (χ3n) is 8.75. The maximum absolute atomic E-state index is 14.0. The number of carbonyl (C=O) groups is 2. The zero-order valence-corrected chi connectivity index (χ0v) is 21.9. The monoisotopic (exact) mass is 531 g/mol. The summed E-state index contributed by atoms with van der Waals surface area (Å²) < 4.78 is 3.92. The Morgan fingerprint density at radius 3 is 2.39 bits per heavy atom. The largest absolute Gasteiger partial charge is 0.508 e. The highest BCUT2D eigenvalue weighted by atomic mass is 35.5. The molecule has 0 radical (unpaired) electrons. The Bertz CT molecular complexity index is 1720. The molecule has 0 spiro atoms. The van der Waals surface area contributed by atoms with Crippen molar-refractivity contribution in [1.82, 2.24) is 13.9 Å². The lowest BCUT2D eigenvalue weighted by Gasteiger charge is -2.53. The van der Waals surface area contributed by atoms with Crippen molar-refractivity contribution in [3.8, 4) is 11.4 Å². The van der Waals surface area contributed by atoms with Gasteiger partial charge in [-0.3, -0.25) is 9.59 Å². The van der Waals surface area contributed by atoms with E-state index in [1.54, 1.807) is 63.2 Å². The summed E-state index contributed by atoms with van der Waals surface area (Å²) in [5.41, 5.74) is 0.168. The van der Waals surface area contributed by atoms with Crippen LogP contribution < -0.4 is 11.4 Å². The van der Waals surface area contributed by atoms with Crippen LogP contribution in [-0.4, -0.2) is 30.6 Å². The summed E-state index contributed by atoms with van der Waals surface area (Å²) in [5.74, 6) is -1.88. The van der Waals surface area contributed by atoms with E-state index >= 15 is 0 Å². The molecular formula is C29H26ClN3O5. The number of allylic oxidation sites excluding steroid dienone is 4. The lowest BCUT2D eigenvalue weighted by molar-refractivity contribution is -0.140. The molecule has 8 nitrogen and oxygen atoms in total. The number of hydrogen-bond acceptors (Lipinski definition) is 5. The molecule has 1 saturated carbocycles. The first-order valence-electron chi connectivity index (χ1n) is 12.5. The van der Waals surface area contributed by atoms with Gasteiger partial charge in [0.05, 0.1) is 23.7 Å². The molecule has 6 rings (SSSR count). The first-order valence-corrected chi connectivity index (χ1v) is 12.9. The van der Waals surface area contributed by atoms with E-state index in [2.05, 4.69) is 0 Å². The van der Waals surface area contributed by atoms with Crippen molar-refractivity contribution in [3.05, 3.63) is 103 Å². The number of rotatable bonds is 2. The van der Waals surface area contributed by atoms with Gasteiger partial charge in [0.15, 0.2) is 11.6 Å². The normalized spacial score (nSPS) is 26.5. The zero-order chi connectivity index (χ0) is 27.1. The lowest BCUT2D eigenvalue weighted by atomic mass is 9.50. The molecule has 3 aliphatic rings. The van der Waals surface area contributed by atoms with E-state index in [4.69, 9.17) is 11.6 Å². The van der Waals surface area contributed by atoms with Crippen molar-refractivity contribution in [1.29, 1.82) is 0 Å². The Balaban J connectivity index is 1.63. The molecule has 0 amide bonds. The minimum absolute atomic E-state index is 0.0535. The number of phenols is 1. The van der Waals surface area contributed by atoms with Crippen molar-refractivity contribution in [3.63, 3.8) is 0 Å². The number of para-hydroxylation sites is 1. The molecule has 2 aromatic carbocycles. The molecule has 2 aliphatic carbocycles. The zero-order valence-electron chi connectivity index (χ0n) is 21.1. The summed E-state index contributed by atoms with van der Waals surface area (Å²) in [6.07, 6.45) is 2.03. The molecule has 0 saturated heterocycles. The molecule has 1 aliphatic heterocycles. The Kier molecular flexibility index (Phi) is 5.33. The number of benzene rings is 2. The van der Waals surface area contributed by atoms with Gasteiger partial charge in [0.2, 0.25) is 0 Å². The second-order valence-corrected chi connectivity index (χ2v) is 11.0. The number of fused-ring (bicyclic) bond motifs is 4. The third-order valence-corrected chi connectivity index (χ3v) is 8.98. The molecule has 4 atom stereocenters. The van der Waals surface area contributed by atoms with Crippen LogP contribution in [0.1, 0.15) is 44.7 Å².